The Morgan fingerprint density at radius 2 is 1.52 bits per heavy atom. The Bertz CT molecular complexity index is 1040. The zero-order valence-corrected chi connectivity index (χ0v) is 21.8. The van der Waals surface area contributed by atoms with E-state index in [1.807, 2.05) is 0 Å². The Labute approximate surface area is 187 Å². The van der Waals surface area contributed by atoms with Crippen LogP contribution < -0.4 is 4.74 Å². The highest BCUT2D eigenvalue weighted by Crippen LogP contribution is 2.54. The number of ether oxygens (including phenoxy) is 1. The summed E-state index contributed by atoms with van der Waals surface area (Å²) in [7, 11) is -2.45. The first kappa shape index (κ1) is 22.4. The zero-order chi connectivity index (χ0) is 22.9. The minimum Gasteiger partial charge on any atom is -0.496 e. The van der Waals surface area contributed by atoms with Crippen molar-refractivity contribution in [2.45, 2.75) is 64.6 Å². The fourth-order valence-corrected chi connectivity index (χ4v) is 11.0. The van der Waals surface area contributed by atoms with E-state index in [0.717, 1.165) is 24.5 Å². The molecule has 0 amide bonds. The highest BCUT2D eigenvalue weighted by Gasteiger charge is 2.53. The van der Waals surface area contributed by atoms with Crippen molar-refractivity contribution >= 4 is 27.7 Å². The van der Waals surface area contributed by atoms with Crippen LogP contribution in [0.1, 0.15) is 40.0 Å². The number of aliphatic hydroxyl groups excluding tert-OH is 1. The van der Waals surface area contributed by atoms with Gasteiger partial charge in [0.1, 0.15) is 5.75 Å². The van der Waals surface area contributed by atoms with E-state index >= 15 is 0 Å². The van der Waals surface area contributed by atoms with Crippen molar-refractivity contribution in [3.63, 3.8) is 0 Å². The van der Waals surface area contributed by atoms with Crippen molar-refractivity contribution in [2.75, 3.05) is 7.11 Å². The summed E-state index contributed by atoms with van der Waals surface area (Å²) in [5, 5.41) is 13.5. The Hall–Kier alpha value is -1.77. The van der Waals surface area contributed by atoms with Crippen LogP contribution >= 0.6 is 0 Å². The van der Waals surface area contributed by atoms with Gasteiger partial charge in [0.05, 0.1) is 34.9 Å². The first-order valence-corrected chi connectivity index (χ1v) is 18.3. The SMILES string of the molecule is COc1cccc2c1C(=O)C1=C([Si](C)(C)C)[C@H]3[C@H](O)CCC[C@H]3C([Si](C)(C)C)=C1C2=O. The van der Waals surface area contributed by atoms with Crippen molar-refractivity contribution in [1.82, 2.24) is 0 Å². The highest BCUT2D eigenvalue weighted by molar-refractivity contribution is 6.85. The molecule has 1 saturated carbocycles. The molecule has 31 heavy (non-hydrogen) atoms. The van der Waals surface area contributed by atoms with Crippen molar-refractivity contribution in [1.29, 1.82) is 0 Å². The third kappa shape index (κ3) is 3.34. The van der Waals surface area contributed by atoms with Crippen LogP contribution in [0.15, 0.2) is 39.7 Å². The second kappa shape index (κ2) is 7.39. The van der Waals surface area contributed by atoms with Crippen molar-refractivity contribution in [2.24, 2.45) is 11.8 Å². The number of fused-ring (bicyclic) bond motifs is 3. The molecule has 1 fully saturated rings. The molecule has 1 N–H and O–H groups in total. The van der Waals surface area contributed by atoms with E-state index in [4.69, 9.17) is 4.74 Å². The number of carbonyl (C=O) groups excluding carboxylic acids is 2. The number of ketones is 2. The summed E-state index contributed by atoms with van der Waals surface area (Å²) in [6, 6.07) is 5.31. The molecule has 3 aliphatic rings. The molecule has 0 unspecified atom stereocenters. The lowest BCUT2D eigenvalue weighted by atomic mass is 9.67. The van der Waals surface area contributed by atoms with Crippen molar-refractivity contribution in [3.05, 3.63) is 50.9 Å². The average Bonchev–Trinajstić information content (AvgIpc) is 2.68. The van der Waals surface area contributed by atoms with Crippen LogP contribution in [0.4, 0.5) is 0 Å². The standard InChI is InChI=1S/C25H34O4Si2/c1-29-17-13-9-10-14-19(17)23(28)21-20(22(14)27)24(30(2,3)4)15-11-8-12-16(26)18(15)25(21)31(5,6)7/h9-10,13,15-16,18,26H,8,11-12H2,1-7H3/t15-,16-,18-/m1/s1. The molecule has 1 aromatic rings. The van der Waals surface area contributed by atoms with Gasteiger partial charge in [-0.05, 0) is 24.8 Å². The van der Waals surface area contributed by atoms with Crippen LogP contribution in [0.5, 0.6) is 5.75 Å². The first-order valence-electron chi connectivity index (χ1n) is 11.3. The number of allylic oxidation sites excluding steroid dienone is 3. The Balaban J connectivity index is 2.18. The molecule has 0 spiro atoms. The molecule has 3 atom stereocenters. The summed E-state index contributed by atoms with van der Waals surface area (Å²) in [4.78, 5) is 28.1. The molecule has 0 aromatic heterocycles. The van der Waals surface area contributed by atoms with Crippen LogP contribution in [-0.2, 0) is 0 Å². The first-order chi connectivity index (χ1) is 14.4. The molecule has 1 aromatic carbocycles. The second-order valence-corrected chi connectivity index (χ2v) is 21.3. The minimum absolute atomic E-state index is 0.0322. The summed E-state index contributed by atoms with van der Waals surface area (Å²) in [5.41, 5.74) is 2.14. The number of carbonyl (C=O) groups is 2. The predicted octanol–water partition coefficient (Wildman–Crippen LogP) is 5.21. The van der Waals surface area contributed by atoms with Gasteiger partial charge < -0.3 is 9.84 Å². The van der Waals surface area contributed by atoms with E-state index in [1.165, 1.54) is 5.20 Å². The summed E-state index contributed by atoms with van der Waals surface area (Å²) >= 11 is 0. The summed E-state index contributed by atoms with van der Waals surface area (Å²) in [6.07, 6.45) is 2.25. The van der Waals surface area contributed by atoms with Gasteiger partial charge in [-0.3, -0.25) is 9.59 Å². The molecular weight excluding hydrogens is 420 g/mol. The molecular formula is C25H34O4Si2. The van der Waals surface area contributed by atoms with Gasteiger partial charge in [-0.15, -0.1) is 0 Å². The van der Waals surface area contributed by atoms with Gasteiger partial charge in [-0.25, -0.2) is 0 Å². The monoisotopic (exact) mass is 454 g/mol. The quantitative estimate of drug-likeness (QED) is 0.637. The van der Waals surface area contributed by atoms with Gasteiger partial charge >= 0.3 is 0 Å². The molecule has 166 valence electrons. The average molecular weight is 455 g/mol. The molecule has 4 nitrogen and oxygen atoms in total. The van der Waals surface area contributed by atoms with E-state index in [2.05, 4.69) is 39.3 Å². The van der Waals surface area contributed by atoms with Gasteiger partial charge in [0.25, 0.3) is 0 Å². The number of hydrogen-bond donors (Lipinski definition) is 1. The number of Topliss-reactive ketones (excluding diaryl/α,β-unsaturated/α-hetero) is 2. The van der Waals surface area contributed by atoms with Crippen LogP contribution in [-0.4, -0.2) is 46.0 Å². The number of methoxy groups -OCH3 is 1. The van der Waals surface area contributed by atoms with Crippen molar-refractivity contribution < 1.29 is 19.4 Å². The third-order valence-electron chi connectivity index (χ3n) is 7.14. The van der Waals surface area contributed by atoms with E-state index in [-0.39, 0.29) is 23.4 Å². The lowest BCUT2D eigenvalue weighted by molar-refractivity contribution is 0.0641. The van der Waals surface area contributed by atoms with Crippen LogP contribution in [0.2, 0.25) is 39.3 Å². The molecule has 0 radical (unpaired) electrons. The summed E-state index contributed by atoms with van der Waals surface area (Å²) < 4.78 is 5.51. The van der Waals surface area contributed by atoms with Gasteiger partial charge in [-0.2, -0.15) is 0 Å². The largest absolute Gasteiger partial charge is 0.496 e. The van der Waals surface area contributed by atoms with E-state index in [9.17, 15) is 14.7 Å². The van der Waals surface area contributed by atoms with Crippen molar-refractivity contribution in [3.8, 4) is 5.75 Å². The van der Waals surface area contributed by atoms with Gasteiger partial charge in [0.2, 0.25) is 0 Å². The maximum Gasteiger partial charge on any atom is 0.197 e. The molecule has 0 saturated heterocycles. The Morgan fingerprint density at radius 3 is 2.10 bits per heavy atom. The normalized spacial score (nSPS) is 26.5. The molecule has 0 aliphatic heterocycles. The van der Waals surface area contributed by atoms with Crippen LogP contribution in [0.3, 0.4) is 0 Å². The smallest absolute Gasteiger partial charge is 0.197 e. The van der Waals surface area contributed by atoms with Gasteiger partial charge in [-0.1, -0.05) is 68.2 Å². The van der Waals surface area contributed by atoms with E-state index in [0.29, 0.717) is 28.0 Å². The number of benzene rings is 1. The van der Waals surface area contributed by atoms with Gasteiger partial charge in [0.15, 0.2) is 11.6 Å². The predicted molar refractivity (Wildman–Crippen MR) is 129 cm³/mol. The fourth-order valence-electron chi connectivity index (χ4n) is 6.18. The Morgan fingerprint density at radius 1 is 0.903 bits per heavy atom. The number of hydrogen-bond acceptors (Lipinski definition) is 4. The lowest BCUT2D eigenvalue weighted by Crippen LogP contribution is -2.51. The summed E-state index contributed by atoms with van der Waals surface area (Å²) in [6.45, 7) is 13.5. The third-order valence-corrected chi connectivity index (χ3v) is 11.6. The second-order valence-electron chi connectivity index (χ2n) is 11.2. The maximum atomic E-state index is 14.1. The molecule has 0 heterocycles. The lowest BCUT2D eigenvalue weighted by Gasteiger charge is -2.50. The number of aliphatic hydroxyl groups is 1. The highest BCUT2D eigenvalue weighted by atomic mass is 28.3. The molecule has 6 heteroatoms. The molecule has 3 aliphatic carbocycles. The van der Waals surface area contributed by atoms with Crippen LogP contribution in [0, 0.1) is 11.8 Å². The summed E-state index contributed by atoms with van der Waals surface area (Å²) in [5.74, 6) is 0.452. The minimum atomic E-state index is -2.04. The van der Waals surface area contributed by atoms with Gasteiger partial charge in [0, 0.05) is 22.6 Å². The zero-order valence-electron chi connectivity index (χ0n) is 19.8. The Kier molecular flexibility index (Phi) is 5.35. The topological polar surface area (TPSA) is 63.6 Å². The van der Waals surface area contributed by atoms with Crippen LogP contribution in [0.25, 0.3) is 0 Å². The fraction of sp³-hybridized carbons (Fsp3) is 0.520. The van der Waals surface area contributed by atoms with E-state index in [1.54, 1.807) is 25.3 Å². The number of rotatable bonds is 3. The molecule has 0 bridgehead atoms. The molecule has 4 rings (SSSR count). The maximum absolute atomic E-state index is 14.1. The van der Waals surface area contributed by atoms with E-state index < -0.39 is 22.3 Å².